The van der Waals surface area contributed by atoms with Crippen LogP contribution < -0.4 is 9.80 Å². The number of cyclic esters (lactones) is 1. The molecule has 5 rings (SSSR count). The number of likely N-dealkylation sites (tertiary alicyclic amines) is 1. The smallest absolute Gasteiger partial charge is 0.414 e. The molecular formula is C23H30FN3O4. The fourth-order valence-corrected chi connectivity index (χ4v) is 5.83. The lowest BCUT2D eigenvalue weighted by atomic mass is 9.78. The molecule has 1 aromatic rings. The second-order valence-corrected chi connectivity index (χ2v) is 9.42. The van der Waals surface area contributed by atoms with Crippen LogP contribution in [0.15, 0.2) is 18.2 Å². The molecule has 0 aromatic heterocycles. The number of ether oxygens (including phenoxy) is 1. The van der Waals surface area contributed by atoms with Gasteiger partial charge in [0.1, 0.15) is 12.4 Å². The monoisotopic (exact) mass is 431 g/mol. The molecule has 2 amide bonds. The van der Waals surface area contributed by atoms with Gasteiger partial charge >= 0.3 is 6.09 Å². The van der Waals surface area contributed by atoms with Crippen LogP contribution in [0.2, 0.25) is 0 Å². The zero-order valence-corrected chi connectivity index (χ0v) is 17.8. The van der Waals surface area contributed by atoms with E-state index in [1.165, 1.54) is 11.0 Å². The molecule has 31 heavy (non-hydrogen) atoms. The molecule has 1 aliphatic carbocycles. The number of carbonyl (C=O) groups is 2. The number of halogens is 1. The Kier molecular flexibility index (Phi) is 5.28. The SMILES string of the molecule is O=C1OCCN1c1ccc(N2CCCC3(CCN([C@H]4CC[C@H](O)CC4)C3=O)C2)c(F)c1. The number of hydrogen-bond acceptors (Lipinski definition) is 5. The van der Waals surface area contributed by atoms with Gasteiger partial charge in [0.25, 0.3) is 0 Å². The Morgan fingerprint density at radius 1 is 1.06 bits per heavy atom. The van der Waals surface area contributed by atoms with Gasteiger partial charge in [-0.2, -0.15) is 0 Å². The molecule has 3 aliphatic heterocycles. The van der Waals surface area contributed by atoms with E-state index in [1.807, 2.05) is 9.80 Å². The summed E-state index contributed by atoms with van der Waals surface area (Å²) in [4.78, 5) is 30.7. The summed E-state index contributed by atoms with van der Waals surface area (Å²) in [6.45, 7) is 2.74. The number of benzene rings is 1. The Balaban J connectivity index is 1.31. The van der Waals surface area contributed by atoms with Crippen molar-refractivity contribution in [1.82, 2.24) is 4.90 Å². The molecule has 3 heterocycles. The number of piperidine rings is 1. The highest BCUT2D eigenvalue weighted by Crippen LogP contribution is 2.44. The number of anilines is 2. The summed E-state index contributed by atoms with van der Waals surface area (Å²) in [5, 5.41) is 9.79. The van der Waals surface area contributed by atoms with Crippen LogP contribution in [0.1, 0.15) is 44.9 Å². The number of hydrogen-bond donors (Lipinski definition) is 1. The summed E-state index contributed by atoms with van der Waals surface area (Å²) in [7, 11) is 0. The summed E-state index contributed by atoms with van der Waals surface area (Å²) < 4.78 is 20.0. The quantitative estimate of drug-likeness (QED) is 0.797. The number of nitrogens with zero attached hydrogens (tertiary/aromatic N) is 3. The predicted octanol–water partition coefficient (Wildman–Crippen LogP) is 2.90. The summed E-state index contributed by atoms with van der Waals surface area (Å²) in [6, 6.07) is 5.08. The standard InChI is InChI=1S/C23H30FN3O4/c24-19-14-17(27-12-13-31-22(27)30)4-7-20(19)25-10-1-8-23(15-25)9-11-26(21(23)29)16-2-5-18(28)6-3-16/h4,7,14,16,18,28H,1-3,5-6,8-13,15H2/t16-,18-,23?. The molecule has 1 atom stereocenters. The van der Waals surface area contributed by atoms with Crippen LogP contribution in [0.4, 0.5) is 20.6 Å². The first-order valence-corrected chi connectivity index (χ1v) is 11.4. The van der Waals surface area contributed by atoms with Gasteiger partial charge in [-0.05, 0) is 63.1 Å². The molecule has 4 aliphatic rings. The van der Waals surface area contributed by atoms with Gasteiger partial charge < -0.3 is 19.6 Å². The molecule has 1 spiro atoms. The fourth-order valence-electron chi connectivity index (χ4n) is 5.83. The molecule has 8 heteroatoms. The van der Waals surface area contributed by atoms with Gasteiger partial charge in [-0.15, -0.1) is 0 Å². The van der Waals surface area contributed by atoms with E-state index in [0.29, 0.717) is 37.6 Å². The minimum absolute atomic E-state index is 0.204. The van der Waals surface area contributed by atoms with Crippen LogP contribution in [-0.2, 0) is 9.53 Å². The molecule has 1 saturated carbocycles. The number of rotatable bonds is 3. The van der Waals surface area contributed by atoms with Crippen molar-refractivity contribution in [2.75, 3.05) is 42.6 Å². The maximum atomic E-state index is 15.1. The Labute approximate surface area is 181 Å². The topological polar surface area (TPSA) is 73.3 Å². The van der Waals surface area contributed by atoms with Gasteiger partial charge in [-0.1, -0.05) is 0 Å². The molecule has 0 bridgehead atoms. The maximum absolute atomic E-state index is 15.1. The predicted molar refractivity (Wildman–Crippen MR) is 114 cm³/mol. The van der Waals surface area contributed by atoms with Crippen LogP contribution >= 0.6 is 0 Å². The number of aliphatic hydroxyl groups excluding tert-OH is 1. The molecule has 1 aromatic carbocycles. The summed E-state index contributed by atoms with van der Waals surface area (Å²) >= 11 is 0. The lowest BCUT2D eigenvalue weighted by Gasteiger charge is -2.41. The summed E-state index contributed by atoms with van der Waals surface area (Å²) in [6.07, 6.45) is 5.06. The number of aliphatic hydroxyl groups is 1. The van der Waals surface area contributed by atoms with Crippen molar-refractivity contribution in [2.45, 2.75) is 57.1 Å². The molecule has 168 valence electrons. The average molecular weight is 432 g/mol. The Hall–Kier alpha value is -2.35. The zero-order valence-electron chi connectivity index (χ0n) is 17.8. The minimum atomic E-state index is -0.448. The van der Waals surface area contributed by atoms with Crippen LogP contribution in [0.3, 0.4) is 0 Å². The first-order chi connectivity index (χ1) is 15.0. The van der Waals surface area contributed by atoms with Gasteiger partial charge in [0.2, 0.25) is 5.91 Å². The molecule has 3 saturated heterocycles. The first-order valence-electron chi connectivity index (χ1n) is 11.4. The van der Waals surface area contributed by atoms with Gasteiger partial charge in [0, 0.05) is 25.7 Å². The van der Waals surface area contributed by atoms with E-state index >= 15 is 4.39 Å². The Morgan fingerprint density at radius 3 is 2.58 bits per heavy atom. The third-order valence-corrected chi connectivity index (χ3v) is 7.57. The summed E-state index contributed by atoms with van der Waals surface area (Å²) in [5.74, 6) is -0.173. The largest absolute Gasteiger partial charge is 0.447 e. The molecule has 1 unspecified atom stereocenters. The normalized spacial score (nSPS) is 31.6. The lowest BCUT2D eigenvalue weighted by Crippen LogP contribution is -2.50. The third kappa shape index (κ3) is 3.64. The molecule has 1 N–H and O–H groups in total. The zero-order chi connectivity index (χ0) is 21.6. The van der Waals surface area contributed by atoms with E-state index in [1.54, 1.807) is 12.1 Å². The van der Waals surface area contributed by atoms with Crippen molar-refractivity contribution >= 4 is 23.4 Å². The molecule has 4 fully saturated rings. The van der Waals surface area contributed by atoms with Gasteiger partial charge in [0.15, 0.2) is 0 Å². The molecule has 7 nitrogen and oxygen atoms in total. The minimum Gasteiger partial charge on any atom is -0.447 e. The Morgan fingerprint density at radius 2 is 1.87 bits per heavy atom. The van der Waals surface area contributed by atoms with Crippen molar-refractivity contribution in [3.05, 3.63) is 24.0 Å². The average Bonchev–Trinajstić information content (AvgIpc) is 3.33. The van der Waals surface area contributed by atoms with E-state index in [-0.39, 0.29) is 23.9 Å². The maximum Gasteiger partial charge on any atom is 0.414 e. The fraction of sp³-hybridized carbons (Fsp3) is 0.652. The van der Waals surface area contributed by atoms with Crippen LogP contribution in [-0.4, -0.2) is 66.9 Å². The van der Waals surface area contributed by atoms with Crippen molar-refractivity contribution in [3.63, 3.8) is 0 Å². The van der Waals surface area contributed by atoms with Crippen LogP contribution in [0.25, 0.3) is 0 Å². The van der Waals surface area contributed by atoms with Crippen LogP contribution in [0, 0.1) is 11.2 Å². The highest BCUT2D eigenvalue weighted by Gasteiger charge is 2.50. The van der Waals surface area contributed by atoms with Crippen molar-refractivity contribution in [2.24, 2.45) is 5.41 Å². The van der Waals surface area contributed by atoms with Crippen LogP contribution in [0.5, 0.6) is 0 Å². The van der Waals surface area contributed by atoms with E-state index in [0.717, 1.165) is 51.5 Å². The molecular weight excluding hydrogens is 401 g/mol. The lowest BCUT2D eigenvalue weighted by molar-refractivity contribution is -0.139. The van der Waals surface area contributed by atoms with Crippen molar-refractivity contribution in [1.29, 1.82) is 0 Å². The van der Waals surface area contributed by atoms with E-state index < -0.39 is 11.5 Å². The summed E-state index contributed by atoms with van der Waals surface area (Å²) in [5.41, 5.74) is 0.540. The highest BCUT2D eigenvalue weighted by molar-refractivity contribution is 5.89. The van der Waals surface area contributed by atoms with E-state index in [2.05, 4.69) is 0 Å². The highest BCUT2D eigenvalue weighted by atomic mass is 19.1. The Bertz CT molecular complexity index is 872. The third-order valence-electron chi connectivity index (χ3n) is 7.57. The van der Waals surface area contributed by atoms with Gasteiger partial charge in [-0.25, -0.2) is 9.18 Å². The number of amides is 2. The molecule has 0 radical (unpaired) electrons. The van der Waals surface area contributed by atoms with E-state index in [9.17, 15) is 14.7 Å². The van der Waals surface area contributed by atoms with Crippen molar-refractivity contribution < 1.29 is 23.8 Å². The second-order valence-electron chi connectivity index (χ2n) is 9.42. The van der Waals surface area contributed by atoms with Crippen molar-refractivity contribution in [3.8, 4) is 0 Å². The number of carbonyl (C=O) groups excluding carboxylic acids is 2. The second kappa shape index (κ2) is 7.97. The first kappa shape index (κ1) is 20.5. The van der Waals surface area contributed by atoms with E-state index in [4.69, 9.17) is 4.74 Å². The van der Waals surface area contributed by atoms with Gasteiger partial charge in [-0.3, -0.25) is 9.69 Å². The van der Waals surface area contributed by atoms with Gasteiger partial charge in [0.05, 0.1) is 29.4 Å².